The van der Waals surface area contributed by atoms with Crippen molar-refractivity contribution in [1.82, 2.24) is 0 Å². The Hall–Kier alpha value is -2.01. The van der Waals surface area contributed by atoms with E-state index in [1.165, 1.54) is 5.56 Å². The van der Waals surface area contributed by atoms with Gasteiger partial charge in [0, 0.05) is 0 Å². The van der Waals surface area contributed by atoms with Crippen molar-refractivity contribution in [3.63, 3.8) is 0 Å². The Balaban J connectivity index is 1.87. The average Bonchev–Trinajstić information content (AvgIpc) is 3.01. The third-order valence-corrected chi connectivity index (χ3v) is 5.34. The summed E-state index contributed by atoms with van der Waals surface area (Å²) in [5, 5.41) is 0. The number of para-hydroxylation sites is 2. The van der Waals surface area contributed by atoms with Crippen molar-refractivity contribution < 1.29 is 13.2 Å². The highest BCUT2D eigenvalue weighted by Gasteiger charge is 2.19. The van der Waals surface area contributed by atoms with E-state index in [1.54, 1.807) is 30.3 Å². The Morgan fingerprint density at radius 3 is 2.70 bits per heavy atom. The van der Waals surface area contributed by atoms with Crippen LogP contribution in [0.25, 0.3) is 0 Å². The predicted molar refractivity (Wildman–Crippen MR) is 91.5 cm³/mol. The van der Waals surface area contributed by atoms with Gasteiger partial charge >= 0.3 is 0 Å². The van der Waals surface area contributed by atoms with Crippen LogP contribution >= 0.6 is 0 Å². The second-order valence-corrected chi connectivity index (χ2v) is 7.42. The second kappa shape index (κ2) is 6.62. The van der Waals surface area contributed by atoms with Crippen LogP contribution < -0.4 is 9.46 Å². The topological polar surface area (TPSA) is 55.4 Å². The van der Waals surface area contributed by atoms with Crippen LogP contribution in [0.1, 0.15) is 30.9 Å². The highest BCUT2D eigenvalue weighted by molar-refractivity contribution is 7.92. The molecule has 1 N–H and O–H groups in total. The van der Waals surface area contributed by atoms with Gasteiger partial charge in [0.05, 0.1) is 17.2 Å². The molecule has 0 atom stereocenters. The molecular formula is C18H21NO3S. The molecule has 5 heteroatoms. The fraction of sp³-hybridized carbons (Fsp3) is 0.333. The molecule has 1 aliphatic carbocycles. The molecule has 0 heterocycles. The normalized spacial score (nSPS) is 13.6. The summed E-state index contributed by atoms with van der Waals surface area (Å²) in [5.41, 5.74) is 2.88. The van der Waals surface area contributed by atoms with Crippen LogP contribution in [0.15, 0.2) is 47.4 Å². The number of rotatable bonds is 6. The standard InChI is InChI=1S/C18H21NO3S/c1-2-12-22-18-9-4-3-8-17(18)19-23(20,21)16-11-10-14-6-5-7-15(14)13-16/h3-4,8-11,13,19H,2,5-7,12H2,1H3. The van der Waals surface area contributed by atoms with Crippen molar-refractivity contribution in [2.24, 2.45) is 0 Å². The van der Waals surface area contributed by atoms with Gasteiger partial charge in [-0.3, -0.25) is 4.72 Å². The first-order valence-corrected chi connectivity index (χ1v) is 9.45. The lowest BCUT2D eigenvalue weighted by atomic mass is 10.1. The summed E-state index contributed by atoms with van der Waals surface area (Å²) in [7, 11) is -3.61. The van der Waals surface area contributed by atoms with E-state index in [1.807, 2.05) is 19.1 Å². The van der Waals surface area contributed by atoms with E-state index in [0.717, 1.165) is 31.2 Å². The van der Waals surface area contributed by atoms with Crippen LogP contribution in [0.4, 0.5) is 5.69 Å². The van der Waals surface area contributed by atoms with Crippen LogP contribution in [0.2, 0.25) is 0 Å². The van der Waals surface area contributed by atoms with Crippen molar-refractivity contribution in [2.75, 3.05) is 11.3 Å². The Bertz CT molecular complexity index is 800. The van der Waals surface area contributed by atoms with Crippen LogP contribution in [-0.2, 0) is 22.9 Å². The molecule has 0 radical (unpaired) electrons. The van der Waals surface area contributed by atoms with Gasteiger partial charge in [0.15, 0.2) is 0 Å². The summed E-state index contributed by atoms with van der Waals surface area (Å²) in [6.07, 6.45) is 3.96. The summed E-state index contributed by atoms with van der Waals surface area (Å²) in [5.74, 6) is 0.555. The maximum Gasteiger partial charge on any atom is 0.262 e. The summed E-state index contributed by atoms with van der Waals surface area (Å²) in [4.78, 5) is 0.309. The number of ether oxygens (including phenoxy) is 1. The molecule has 0 spiro atoms. The van der Waals surface area contributed by atoms with Gasteiger partial charge in [0.1, 0.15) is 5.75 Å². The van der Waals surface area contributed by atoms with Crippen molar-refractivity contribution in [2.45, 2.75) is 37.5 Å². The van der Waals surface area contributed by atoms with Crippen LogP contribution in [0.5, 0.6) is 5.75 Å². The summed E-state index contributed by atoms with van der Waals surface area (Å²) >= 11 is 0. The molecule has 0 aromatic heterocycles. The van der Waals surface area contributed by atoms with Gasteiger partial charge in [-0.2, -0.15) is 0 Å². The van der Waals surface area contributed by atoms with Crippen LogP contribution in [0.3, 0.4) is 0 Å². The lowest BCUT2D eigenvalue weighted by Gasteiger charge is -2.13. The van der Waals surface area contributed by atoms with E-state index in [9.17, 15) is 8.42 Å². The molecular weight excluding hydrogens is 310 g/mol. The zero-order valence-corrected chi connectivity index (χ0v) is 14.0. The van der Waals surface area contributed by atoms with Crippen molar-refractivity contribution >= 4 is 15.7 Å². The average molecular weight is 331 g/mol. The van der Waals surface area contributed by atoms with Gasteiger partial charge in [-0.1, -0.05) is 25.1 Å². The third-order valence-electron chi connectivity index (χ3n) is 3.97. The molecule has 0 saturated heterocycles. The highest BCUT2D eigenvalue weighted by atomic mass is 32.2. The van der Waals surface area contributed by atoms with E-state index in [0.29, 0.717) is 22.9 Å². The van der Waals surface area contributed by atoms with E-state index >= 15 is 0 Å². The molecule has 0 unspecified atom stereocenters. The number of hydrogen-bond donors (Lipinski definition) is 1. The Labute approximate surface area is 137 Å². The van der Waals surface area contributed by atoms with Gasteiger partial charge in [0.25, 0.3) is 10.0 Å². The molecule has 3 rings (SSSR count). The number of hydrogen-bond acceptors (Lipinski definition) is 3. The lowest BCUT2D eigenvalue weighted by Crippen LogP contribution is -2.14. The summed E-state index contributed by atoms with van der Waals surface area (Å²) < 4.78 is 33.6. The molecule has 2 aromatic carbocycles. The maximum absolute atomic E-state index is 12.7. The minimum atomic E-state index is -3.61. The smallest absolute Gasteiger partial charge is 0.262 e. The molecule has 23 heavy (non-hydrogen) atoms. The minimum Gasteiger partial charge on any atom is -0.491 e. The first kappa shape index (κ1) is 15.9. The van der Waals surface area contributed by atoms with Crippen molar-refractivity contribution in [3.05, 3.63) is 53.6 Å². The molecule has 0 aliphatic heterocycles. The lowest BCUT2D eigenvalue weighted by molar-refractivity contribution is 0.319. The minimum absolute atomic E-state index is 0.309. The van der Waals surface area contributed by atoms with Crippen molar-refractivity contribution in [3.8, 4) is 5.75 Å². The molecule has 0 fully saturated rings. The second-order valence-electron chi connectivity index (χ2n) is 5.73. The fourth-order valence-electron chi connectivity index (χ4n) is 2.81. The van der Waals surface area contributed by atoms with E-state index in [2.05, 4.69) is 4.72 Å². The van der Waals surface area contributed by atoms with Gasteiger partial charge in [-0.05, 0) is 61.1 Å². The summed E-state index contributed by atoms with van der Waals surface area (Å²) in [6.45, 7) is 2.56. The monoisotopic (exact) mass is 331 g/mol. The number of sulfonamides is 1. The van der Waals surface area contributed by atoms with Gasteiger partial charge in [-0.15, -0.1) is 0 Å². The highest BCUT2D eigenvalue weighted by Crippen LogP contribution is 2.29. The Kier molecular flexibility index (Phi) is 4.57. The molecule has 0 bridgehead atoms. The first-order valence-electron chi connectivity index (χ1n) is 7.96. The number of aryl methyl sites for hydroxylation is 2. The number of nitrogens with one attached hydrogen (secondary N) is 1. The summed E-state index contributed by atoms with van der Waals surface area (Å²) in [6, 6.07) is 12.5. The van der Waals surface area contributed by atoms with Gasteiger partial charge < -0.3 is 4.74 Å². The Morgan fingerprint density at radius 1 is 1.09 bits per heavy atom. The molecule has 2 aromatic rings. The molecule has 4 nitrogen and oxygen atoms in total. The molecule has 122 valence electrons. The molecule has 0 amide bonds. The largest absolute Gasteiger partial charge is 0.491 e. The maximum atomic E-state index is 12.7. The number of anilines is 1. The predicted octanol–water partition coefficient (Wildman–Crippen LogP) is 3.76. The SMILES string of the molecule is CCCOc1ccccc1NS(=O)(=O)c1ccc2c(c1)CCC2. The van der Waals surface area contributed by atoms with Gasteiger partial charge in [-0.25, -0.2) is 8.42 Å². The number of fused-ring (bicyclic) bond motifs is 1. The Morgan fingerprint density at radius 2 is 1.87 bits per heavy atom. The molecule has 1 aliphatic rings. The van der Waals surface area contributed by atoms with Crippen molar-refractivity contribution in [1.29, 1.82) is 0 Å². The fourth-order valence-corrected chi connectivity index (χ4v) is 3.93. The first-order chi connectivity index (χ1) is 11.1. The zero-order chi connectivity index (χ0) is 16.3. The zero-order valence-electron chi connectivity index (χ0n) is 13.2. The van der Waals surface area contributed by atoms with Gasteiger partial charge in [0.2, 0.25) is 0 Å². The van der Waals surface area contributed by atoms with Crippen LogP contribution in [-0.4, -0.2) is 15.0 Å². The van der Waals surface area contributed by atoms with E-state index in [-0.39, 0.29) is 0 Å². The molecule has 0 saturated carbocycles. The van der Waals surface area contributed by atoms with E-state index in [4.69, 9.17) is 4.74 Å². The van der Waals surface area contributed by atoms with Crippen LogP contribution in [0, 0.1) is 0 Å². The third kappa shape index (κ3) is 3.50. The van der Waals surface area contributed by atoms with E-state index < -0.39 is 10.0 Å². The number of benzene rings is 2. The quantitative estimate of drug-likeness (QED) is 0.877.